The van der Waals surface area contributed by atoms with E-state index in [9.17, 15) is 0 Å². The molecule has 2 atom stereocenters. The molecule has 0 aromatic rings. The molecule has 2 aliphatic rings. The quantitative estimate of drug-likeness (QED) is 0.511. The second kappa shape index (κ2) is 2.19. The molecule has 0 bridgehead atoms. The van der Waals surface area contributed by atoms with E-state index >= 15 is 0 Å². The van der Waals surface area contributed by atoms with Crippen LogP contribution in [0.15, 0.2) is 12.0 Å². The van der Waals surface area contributed by atoms with Crippen molar-refractivity contribution in [2.24, 2.45) is 0 Å². The van der Waals surface area contributed by atoms with Gasteiger partial charge in [0.25, 0.3) is 0 Å². The molecule has 0 aromatic carbocycles. The highest BCUT2D eigenvalue weighted by molar-refractivity contribution is 4.93. The van der Waals surface area contributed by atoms with Crippen LogP contribution in [0.2, 0.25) is 0 Å². The Morgan fingerprint density at radius 3 is 3.10 bits per heavy atom. The second-order valence-corrected chi connectivity index (χ2v) is 2.99. The topological polar surface area (TPSA) is 18.5 Å². The Morgan fingerprint density at radius 2 is 2.20 bits per heavy atom. The lowest BCUT2D eigenvalue weighted by molar-refractivity contribution is -0.0279. The Bertz CT molecular complexity index is 163. The first-order chi connectivity index (χ1) is 4.86. The minimum Gasteiger partial charge on any atom is -0.491 e. The molecule has 0 aromatic heterocycles. The van der Waals surface area contributed by atoms with Gasteiger partial charge in [-0.15, -0.1) is 0 Å². The SMILES string of the molecule is CC1=CO[C@@H]2CCC[C@H]2O1. The summed E-state index contributed by atoms with van der Waals surface area (Å²) in [6, 6.07) is 0. The first-order valence-electron chi connectivity index (χ1n) is 3.85. The van der Waals surface area contributed by atoms with Crippen LogP contribution in [0.3, 0.4) is 0 Å². The van der Waals surface area contributed by atoms with Crippen LogP contribution < -0.4 is 0 Å². The Morgan fingerprint density at radius 1 is 1.40 bits per heavy atom. The van der Waals surface area contributed by atoms with Gasteiger partial charge in [0.05, 0.1) is 0 Å². The number of fused-ring (bicyclic) bond motifs is 1. The zero-order valence-corrected chi connectivity index (χ0v) is 6.17. The molecule has 56 valence electrons. The molecule has 1 heterocycles. The molecule has 2 nitrogen and oxygen atoms in total. The van der Waals surface area contributed by atoms with Crippen LogP contribution in [-0.2, 0) is 9.47 Å². The van der Waals surface area contributed by atoms with Gasteiger partial charge in [-0.05, 0) is 26.2 Å². The van der Waals surface area contributed by atoms with Crippen LogP contribution >= 0.6 is 0 Å². The third kappa shape index (κ3) is 0.877. The molecule has 0 unspecified atom stereocenters. The Labute approximate surface area is 60.8 Å². The highest BCUT2D eigenvalue weighted by atomic mass is 16.6. The van der Waals surface area contributed by atoms with Crippen molar-refractivity contribution in [3.63, 3.8) is 0 Å². The van der Waals surface area contributed by atoms with Crippen LogP contribution in [0.1, 0.15) is 26.2 Å². The minimum atomic E-state index is 0.351. The third-order valence-electron chi connectivity index (χ3n) is 2.14. The van der Waals surface area contributed by atoms with Crippen LogP contribution in [-0.4, -0.2) is 12.2 Å². The molecule has 0 amide bonds. The first kappa shape index (κ1) is 6.08. The average molecular weight is 140 g/mol. The summed E-state index contributed by atoms with van der Waals surface area (Å²) in [5.74, 6) is 0.920. The van der Waals surface area contributed by atoms with E-state index in [-0.39, 0.29) is 0 Å². The zero-order valence-electron chi connectivity index (χ0n) is 6.17. The Hall–Kier alpha value is -0.660. The van der Waals surface area contributed by atoms with Crippen LogP contribution in [0, 0.1) is 0 Å². The summed E-state index contributed by atoms with van der Waals surface area (Å²) < 4.78 is 11.0. The van der Waals surface area contributed by atoms with E-state index in [1.807, 2.05) is 6.92 Å². The smallest absolute Gasteiger partial charge is 0.135 e. The van der Waals surface area contributed by atoms with E-state index in [2.05, 4.69) is 0 Å². The lowest BCUT2D eigenvalue weighted by Crippen LogP contribution is -2.27. The van der Waals surface area contributed by atoms with E-state index in [1.54, 1.807) is 6.26 Å². The number of allylic oxidation sites excluding steroid dienone is 1. The van der Waals surface area contributed by atoms with Crippen molar-refractivity contribution in [1.82, 2.24) is 0 Å². The average Bonchev–Trinajstić information content (AvgIpc) is 2.33. The second-order valence-electron chi connectivity index (χ2n) is 2.99. The minimum absolute atomic E-state index is 0.351. The van der Waals surface area contributed by atoms with E-state index in [0.29, 0.717) is 12.2 Å². The summed E-state index contributed by atoms with van der Waals surface area (Å²) in [4.78, 5) is 0. The first-order valence-corrected chi connectivity index (χ1v) is 3.85. The van der Waals surface area contributed by atoms with Crippen molar-refractivity contribution < 1.29 is 9.47 Å². The molecule has 0 N–H and O–H groups in total. The van der Waals surface area contributed by atoms with Gasteiger partial charge in [0, 0.05) is 0 Å². The predicted octanol–water partition coefficient (Wildman–Crippen LogP) is 1.82. The lowest BCUT2D eigenvalue weighted by atomic mass is 10.2. The molecule has 0 saturated heterocycles. The Kier molecular flexibility index (Phi) is 1.33. The summed E-state index contributed by atoms with van der Waals surface area (Å²) in [7, 11) is 0. The van der Waals surface area contributed by atoms with Gasteiger partial charge < -0.3 is 9.47 Å². The van der Waals surface area contributed by atoms with Gasteiger partial charge in [0.1, 0.15) is 24.2 Å². The zero-order chi connectivity index (χ0) is 6.97. The van der Waals surface area contributed by atoms with Gasteiger partial charge in [-0.1, -0.05) is 0 Å². The van der Waals surface area contributed by atoms with Crippen molar-refractivity contribution in [2.45, 2.75) is 38.4 Å². The van der Waals surface area contributed by atoms with E-state index in [1.165, 1.54) is 6.42 Å². The molecule has 2 heteroatoms. The van der Waals surface area contributed by atoms with Crippen molar-refractivity contribution in [1.29, 1.82) is 0 Å². The van der Waals surface area contributed by atoms with Gasteiger partial charge in [0.15, 0.2) is 0 Å². The van der Waals surface area contributed by atoms with Crippen LogP contribution in [0.25, 0.3) is 0 Å². The largest absolute Gasteiger partial charge is 0.491 e. The van der Waals surface area contributed by atoms with E-state index in [4.69, 9.17) is 9.47 Å². The number of rotatable bonds is 0. The van der Waals surface area contributed by atoms with Crippen LogP contribution in [0.4, 0.5) is 0 Å². The maximum Gasteiger partial charge on any atom is 0.135 e. The third-order valence-corrected chi connectivity index (χ3v) is 2.14. The maximum absolute atomic E-state index is 5.55. The monoisotopic (exact) mass is 140 g/mol. The lowest BCUT2D eigenvalue weighted by Gasteiger charge is -2.25. The molecule has 1 fully saturated rings. The number of hydrogen-bond donors (Lipinski definition) is 0. The Balaban J connectivity index is 2.08. The summed E-state index contributed by atoms with van der Waals surface area (Å²) in [6.45, 7) is 1.94. The van der Waals surface area contributed by atoms with Gasteiger partial charge in [0.2, 0.25) is 0 Å². The van der Waals surface area contributed by atoms with Gasteiger partial charge in [-0.2, -0.15) is 0 Å². The van der Waals surface area contributed by atoms with Gasteiger partial charge in [-0.3, -0.25) is 0 Å². The highest BCUT2D eigenvalue weighted by Gasteiger charge is 2.32. The van der Waals surface area contributed by atoms with E-state index < -0.39 is 0 Å². The maximum atomic E-state index is 5.55. The van der Waals surface area contributed by atoms with Crippen molar-refractivity contribution in [3.05, 3.63) is 12.0 Å². The summed E-state index contributed by atoms with van der Waals surface area (Å²) in [5, 5.41) is 0. The molecule has 2 rings (SSSR count). The molecular weight excluding hydrogens is 128 g/mol. The predicted molar refractivity (Wildman–Crippen MR) is 37.4 cm³/mol. The molecule has 1 saturated carbocycles. The number of hydrogen-bond acceptors (Lipinski definition) is 2. The fourth-order valence-electron chi connectivity index (χ4n) is 1.63. The molecular formula is C8H12O2. The fraction of sp³-hybridized carbons (Fsp3) is 0.750. The molecule has 0 spiro atoms. The van der Waals surface area contributed by atoms with Crippen molar-refractivity contribution >= 4 is 0 Å². The summed E-state index contributed by atoms with van der Waals surface area (Å²) in [6.07, 6.45) is 6.00. The van der Waals surface area contributed by atoms with Crippen molar-refractivity contribution in [3.8, 4) is 0 Å². The van der Waals surface area contributed by atoms with E-state index in [0.717, 1.165) is 18.6 Å². The van der Waals surface area contributed by atoms with Gasteiger partial charge >= 0.3 is 0 Å². The normalized spacial score (nSPS) is 37.5. The summed E-state index contributed by atoms with van der Waals surface area (Å²) >= 11 is 0. The molecule has 0 radical (unpaired) electrons. The molecule has 1 aliphatic carbocycles. The molecule has 1 aliphatic heterocycles. The highest BCUT2D eigenvalue weighted by Crippen LogP contribution is 2.29. The molecule has 10 heavy (non-hydrogen) atoms. The summed E-state index contributed by atoms with van der Waals surface area (Å²) in [5.41, 5.74) is 0. The number of ether oxygens (including phenoxy) is 2. The fourth-order valence-corrected chi connectivity index (χ4v) is 1.63. The van der Waals surface area contributed by atoms with Gasteiger partial charge in [-0.25, -0.2) is 0 Å². The standard InChI is InChI=1S/C8H12O2/c1-6-5-9-7-3-2-4-8(7)10-6/h5,7-8H,2-4H2,1H3/t7-,8-/m1/s1. The van der Waals surface area contributed by atoms with Crippen molar-refractivity contribution in [2.75, 3.05) is 0 Å². The van der Waals surface area contributed by atoms with Crippen LogP contribution in [0.5, 0.6) is 0 Å².